The molecule has 1 saturated heterocycles. The molecule has 2 aromatic carbocycles. The summed E-state index contributed by atoms with van der Waals surface area (Å²) < 4.78 is 5.67. The topological polar surface area (TPSA) is 60.8 Å². The Morgan fingerprint density at radius 3 is 2.55 bits per heavy atom. The van der Waals surface area contributed by atoms with Crippen LogP contribution in [0.3, 0.4) is 0 Å². The van der Waals surface area contributed by atoms with Gasteiger partial charge in [-0.15, -0.1) is 0 Å². The number of nitrogens with zero attached hydrogens (tertiary/aromatic N) is 2. The van der Waals surface area contributed by atoms with Gasteiger partial charge in [0, 0.05) is 42.5 Å². The number of piperazine rings is 1. The van der Waals surface area contributed by atoms with Crippen molar-refractivity contribution in [3.05, 3.63) is 70.4 Å². The van der Waals surface area contributed by atoms with Crippen LogP contribution in [-0.2, 0) is 0 Å². The maximum Gasteiger partial charge on any atom is 0.293 e. The van der Waals surface area contributed by atoms with Crippen molar-refractivity contribution in [3.63, 3.8) is 0 Å². The predicted octanol–water partition coefficient (Wildman–Crippen LogP) is 5.52. The minimum absolute atomic E-state index is 0.147. The first-order valence-corrected chi connectivity index (χ1v) is 11.8. The van der Waals surface area contributed by atoms with Crippen molar-refractivity contribution in [2.75, 3.05) is 42.9 Å². The van der Waals surface area contributed by atoms with Crippen LogP contribution < -0.4 is 15.5 Å². The number of thiocarbonyl (C=S) groups is 1. The molecule has 172 valence electrons. The molecular formula is C24H24Cl2N4O2S. The average molecular weight is 503 g/mol. The standard InChI is InChI=1S/C24H24Cl2N4O2S/c1-2-29-10-12-30(13-11-29)20-7-6-18(15-19(20)26)27-24(33)28-23(31)22-9-8-21(32-22)16-4-3-5-17(25)14-16/h3-9,14-15H,2,10-13H2,1H3,(H2,27,28,31,33). The van der Waals surface area contributed by atoms with E-state index in [0.29, 0.717) is 21.5 Å². The molecule has 33 heavy (non-hydrogen) atoms. The fourth-order valence-electron chi connectivity index (χ4n) is 3.73. The first kappa shape index (κ1) is 23.6. The van der Waals surface area contributed by atoms with E-state index in [1.165, 1.54) is 0 Å². The van der Waals surface area contributed by atoms with E-state index in [1.54, 1.807) is 24.3 Å². The van der Waals surface area contributed by atoms with Gasteiger partial charge in [-0.3, -0.25) is 10.1 Å². The quantitative estimate of drug-likeness (QED) is 0.447. The van der Waals surface area contributed by atoms with Crippen LogP contribution in [-0.4, -0.2) is 48.6 Å². The first-order chi connectivity index (χ1) is 15.9. The van der Waals surface area contributed by atoms with Crippen molar-refractivity contribution >= 4 is 57.8 Å². The van der Waals surface area contributed by atoms with Crippen molar-refractivity contribution in [3.8, 4) is 11.3 Å². The summed E-state index contributed by atoms with van der Waals surface area (Å²) >= 11 is 17.9. The zero-order valence-corrected chi connectivity index (χ0v) is 20.4. The van der Waals surface area contributed by atoms with E-state index in [2.05, 4.69) is 27.4 Å². The molecule has 1 fully saturated rings. The molecule has 6 nitrogen and oxygen atoms in total. The Bertz CT molecular complexity index is 1160. The van der Waals surface area contributed by atoms with Gasteiger partial charge in [-0.25, -0.2) is 0 Å². The number of carbonyl (C=O) groups is 1. The molecule has 1 aromatic heterocycles. The Balaban J connectivity index is 1.35. The number of hydrogen-bond acceptors (Lipinski definition) is 5. The Morgan fingerprint density at radius 1 is 1.06 bits per heavy atom. The van der Waals surface area contributed by atoms with Gasteiger partial charge in [0.2, 0.25) is 0 Å². The molecular weight excluding hydrogens is 479 g/mol. The Hall–Kier alpha value is -2.58. The van der Waals surface area contributed by atoms with Crippen molar-refractivity contribution < 1.29 is 9.21 Å². The summed E-state index contributed by atoms with van der Waals surface area (Å²) in [5, 5.41) is 7.02. The van der Waals surface area contributed by atoms with Gasteiger partial charge >= 0.3 is 0 Å². The molecule has 1 aliphatic rings. The normalized spacial score (nSPS) is 14.2. The van der Waals surface area contributed by atoms with E-state index in [1.807, 2.05) is 30.3 Å². The number of likely N-dealkylation sites (N-methyl/N-ethyl adjacent to an activating group) is 1. The summed E-state index contributed by atoms with van der Waals surface area (Å²) in [4.78, 5) is 17.2. The second-order valence-electron chi connectivity index (χ2n) is 7.67. The van der Waals surface area contributed by atoms with Crippen LogP contribution in [0.4, 0.5) is 11.4 Å². The molecule has 2 heterocycles. The fraction of sp³-hybridized carbons (Fsp3) is 0.250. The van der Waals surface area contributed by atoms with Gasteiger partial charge in [0.25, 0.3) is 5.91 Å². The van der Waals surface area contributed by atoms with Crippen molar-refractivity contribution in [1.82, 2.24) is 10.2 Å². The van der Waals surface area contributed by atoms with E-state index in [0.717, 1.165) is 44.0 Å². The molecule has 3 aromatic rings. The lowest BCUT2D eigenvalue weighted by Gasteiger charge is -2.36. The molecule has 0 unspecified atom stereocenters. The lowest BCUT2D eigenvalue weighted by molar-refractivity contribution is 0.0951. The van der Waals surface area contributed by atoms with Crippen LogP contribution >= 0.6 is 35.4 Å². The zero-order valence-electron chi connectivity index (χ0n) is 18.1. The molecule has 2 N–H and O–H groups in total. The van der Waals surface area contributed by atoms with Crippen molar-refractivity contribution in [1.29, 1.82) is 0 Å². The summed E-state index contributed by atoms with van der Waals surface area (Å²) in [6, 6.07) is 16.2. The van der Waals surface area contributed by atoms with Crippen LogP contribution in [0.1, 0.15) is 17.5 Å². The van der Waals surface area contributed by atoms with Gasteiger partial charge < -0.3 is 19.5 Å². The van der Waals surface area contributed by atoms with Gasteiger partial charge in [-0.1, -0.05) is 42.3 Å². The van der Waals surface area contributed by atoms with Crippen molar-refractivity contribution in [2.45, 2.75) is 6.92 Å². The molecule has 9 heteroatoms. The summed E-state index contributed by atoms with van der Waals surface area (Å²) in [5.74, 6) is 0.245. The first-order valence-electron chi connectivity index (χ1n) is 10.7. The SMILES string of the molecule is CCN1CCN(c2ccc(NC(=S)NC(=O)c3ccc(-c4cccc(Cl)c4)o3)cc2Cl)CC1. The lowest BCUT2D eigenvalue weighted by atomic mass is 10.2. The number of halogens is 2. The van der Waals surface area contributed by atoms with Gasteiger partial charge in [0.15, 0.2) is 10.9 Å². The monoisotopic (exact) mass is 502 g/mol. The molecule has 4 rings (SSSR count). The summed E-state index contributed by atoms with van der Waals surface area (Å²) in [6.07, 6.45) is 0. The van der Waals surface area contributed by atoms with E-state index < -0.39 is 5.91 Å². The number of furan rings is 1. The van der Waals surface area contributed by atoms with Crippen LogP contribution in [0.5, 0.6) is 0 Å². The summed E-state index contributed by atoms with van der Waals surface area (Å²) in [5.41, 5.74) is 2.48. The van der Waals surface area contributed by atoms with E-state index in [-0.39, 0.29) is 10.9 Å². The molecule has 0 aliphatic carbocycles. The number of amides is 1. The summed E-state index contributed by atoms with van der Waals surface area (Å²) in [7, 11) is 0. The highest BCUT2D eigenvalue weighted by Gasteiger charge is 2.18. The van der Waals surface area contributed by atoms with Gasteiger partial charge in [-0.05, 0) is 61.2 Å². The maximum absolute atomic E-state index is 12.5. The molecule has 1 aliphatic heterocycles. The third-order valence-corrected chi connectivity index (χ3v) is 6.27. The Kier molecular flexibility index (Phi) is 7.55. The highest BCUT2D eigenvalue weighted by Crippen LogP contribution is 2.30. The van der Waals surface area contributed by atoms with Crippen LogP contribution in [0.25, 0.3) is 11.3 Å². The van der Waals surface area contributed by atoms with Gasteiger partial charge in [-0.2, -0.15) is 0 Å². The van der Waals surface area contributed by atoms with Gasteiger partial charge in [0.05, 0.1) is 10.7 Å². The number of hydrogen-bond donors (Lipinski definition) is 2. The number of anilines is 2. The molecule has 0 saturated carbocycles. The smallest absolute Gasteiger partial charge is 0.293 e. The maximum atomic E-state index is 12.5. The Morgan fingerprint density at radius 2 is 1.85 bits per heavy atom. The van der Waals surface area contributed by atoms with Crippen LogP contribution in [0.15, 0.2) is 59.0 Å². The third-order valence-electron chi connectivity index (χ3n) is 5.53. The summed E-state index contributed by atoms with van der Waals surface area (Å²) in [6.45, 7) is 7.16. The second kappa shape index (κ2) is 10.6. The minimum Gasteiger partial charge on any atom is -0.451 e. The number of benzene rings is 2. The predicted molar refractivity (Wildman–Crippen MR) is 139 cm³/mol. The van der Waals surface area contributed by atoms with E-state index in [4.69, 9.17) is 39.8 Å². The number of nitrogens with one attached hydrogen (secondary N) is 2. The zero-order chi connectivity index (χ0) is 23.4. The number of rotatable bonds is 5. The van der Waals surface area contributed by atoms with Crippen LogP contribution in [0.2, 0.25) is 10.0 Å². The highest BCUT2D eigenvalue weighted by molar-refractivity contribution is 7.80. The molecule has 0 radical (unpaired) electrons. The minimum atomic E-state index is -0.447. The van der Waals surface area contributed by atoms with Crippen molar-refractivity contribution in [2.24, 2.45) is 0 Å². The lowest BCUT2D eigenvalue weighted by Crippen LogP contribution is -2.46. The Labute approximate surface area is 208 Å². The fourth-order valence-corrected chi connectivity index (χ4v) is 4.43. The van der Waals surface area contributed by atoms with E-state index in [9.17, 15) is 4.79 Å². The molecule has 0 spiro atoms. The second-order valence-corrected chi connectivity index (χ2v) is 8.92. The molecule has 0 bridgehead atoms. The largest absolute Gasteiger partial charge is 0.451 e. The average Bonchev–Trinajstić information content (AvgIpc) is 3.30. The number of carbonyl (C=O) groups excluding carboxylic acids is 1. The van der Waals surface area contributed by atoms with Crippen LogP contribution in [0, 0.1) is 0 Å². The third kappa shape index (κ3) is 5.86. The molecule has 0 atom stereocenters. The van der Waals surface area contributed by atoms with E-state index >= 15 is 0 Å². The molecule has 1 amide bonds. The van der Waals surface area contributed by atoms with Gasteiger partial charge in [0.1, 0.15) is 5.76 Å². The highest BCUT2D eigenvalue weighted by atomic mass is 35.5.